The largest absolute Gasteiger partial charge is 0.452 e. The van der Waals surface area contributed by atoms with E-state index >= 15 is 0 Å². The van der Waals surface area contributed by atoms with Crippen molar-refractivity contribution in [1.82, 2.24) is 24.9 Å². The minimum absolute atomic E-state index is 0.0641. The maximum atomic E-state index is 12.2. The van der Waals surface area contributed by atoms with Crippen molar-refractivity contribution in [2.24, 2.45) is 14.1 Å². The Morgan fingerprint density at radius 3 is 2.48 bits per heavy atom. The molecular formula is C17H21N5O7. The predicted octanol–water partition coefficient (Wildman–Crippen LogP) is -1.61. The number of hydrogen-bond acceptors (Lipinski definition) is 7. The summed E-state index contributed by atoms with van der Waals surface area (Å²) in [4.78, 5) is 71.2. The lowest BCUT2D eigenvalue weighted by Gasteiger charge is -2.19. The van der Waals surface area contributed by atoms with E-state index in [1.165, 1.54) is 31.8 Å². The van der Waals surface area contributed by atoms with Gasteiger partial charge in [-0.15, -0.1) is 0 Å². The Bertz CT molecular complexity index is 1020. The van der Waals surface area contributed by atoms with Crippen molar-refractivity contribution in [3.05, 3.63) is 38.7 Å². The molecule has 2 rings (SSSR count). The van der Waals surface area contributed by atoms with Crippen LogP contribution < -0.4 is 22.0 Å². The normalized spacial score (nSPS) is 18.8. The zero-order valence-electron chi connectivity index (χ0n) is 16.3. The summed E-state index contributed by atoms with van der Waals surface area (Å²) < 4.78 is 6.77. The Balaban J connectivity index is 1.95. The molecule has 2 heterocycles. The van der Waals surface area contributed by atoms with Crippen molar-refractivity contribution in [1.29, 1.82) is 0 Å². The zero-order chi connectivity index (χ0) is 21.9. The number of esters is 1. The Hall–Kier alpha value is -3.70. The lowest BCUT2D eigenvalue weighted by Crippen LogP contribution is -2.49. The first-order valence-corrected chi connectivity index (χ1v) is 8.58. The first kappa shape index (κ1) is 21.6. The van der Waals surface area contributed by atoms with Crippen LogP contribution in [0.2, 0.25) is 0 Å². The minimum atomic E-state index is -1.12. The summed E-state index contributed by atoms with van der Waals surface area (Å²) in [5.74, 6) is -2.46. The van der Waals surface area contributed by atoms with Crippen LogP contribution in [-0.4, -0.2) is 50.1 Å². The van der Waals surface area contributed by atoms with Gasteiger partial charge in [-0.2, -0.15) is 5.01 Å². The van der Waals surface area contributed by atoms with Crippen LogP contribution in [0.4, 0.5) is 4.79 Å². The number of amides is 4. The quantitative estimate of drug-likeness (QED) is 0.327. The van der Waals surface area contributed by atoms with Gasteiger partial charge < -0.3 is 14.6 Å². The fourth-order valence-corrected chi connectivity index (χ4v) is 2.48. The monoisotopic (exact) mass is 407 g/mol. The Morgan fingerprint density at radius 1 is 1.24 bits per heavy atom. The van der Waals surface area contributed by atoms with Crippen LogP contribution in [0.15, 0.2) is 21.9 Å². The molecule has 12 heteroatoms. The van der Waals surface area contributed by atoms with E-state index in [9.17, 15) is 28.8 Å². The standard InChI is InChI=1S/C17H21N5O7/c1-5-17(2)14(26)22(15(27)18-17)19-11(23)9-29-12(24)7-6-10-8-20(3)16(28)21(4)13(10)25/h6-8H,5,9H2,1-4H3,(H,18,27)(H,19,23)/b7-6+. The van der Waals surface area contributed by atoms with Gasteiger partial charge in [0, 0.05) is 26.4 Å². The molecule has 0 aliphatic carbocycles. The summed E-state index contributed by atoms with van der Waals surface area (Å²) in [6, 6.07) is -0.788. The van der Waals surface area contributed by atoms with Gasteiger partial charge in [-0.1, -0.05) is 6.92 Å². The van der Waals surface area contributed by atoms with E-state index in [-0.39, 0.29) is 5.56 Å². The van der Waals surface area contributed by atoms with Crippen LogP contribution in [0.1, 0.15) is 25.8 Å². The molecule has 1 fully saturated rings. The number of ether oxygens (including phenoxy) is 1. The van der Waals surface area contributed by atoms with Gasteiger partial charge in [0.05, 0.1) is 5.56 Å². The topological polar surface area (TPSA) is 149 Å². The molecule has 4 amide bonds. The van der Waals surface area contributed by atoms with Crippen LogP contribution in [0.5, 0.6) is 0 Å². The third kappa shape index (κ3) is 4.42. The molecule has 0 bridgehead atoms. The van der Waals surface area contributed by atoms with E-state index < -0.39 is 47.2 Å². The van der Waals surface area contributed by atoms with Gasteiger partial charge in [0.25, 0.3) is 17.4 Å². The fourth-order valence-electron chi connectivity index (χ4n) is 2.48. The van der Waals surface area contributed by atoms with E-state index in [4.69, 9.17) is 4.74 Å². The first-order chi connectivity index (χ1) is 13.5. The molecule has 29 heavy (non-hydrogen) atoms. The lowest BCUT2D eigenvalue weighted by atomic mass is 10.00. The van der Waals surface area contributed by atoms with Crippen molar-refractivity contribution in [2.45, 2.75) is 25.8 Å². The molecular weight excluding hydrogens is 386 g/mol. The molecule has 1 aliphatic rings. The summed E-state index contributed by atoms with van der Waals surface area (Å²) in [5.41, 5.74) is -0.114. The van der Waals surface area contributed by atoms with Gasteiger partial charge in [0.15, 0.2) is 6.61 Å². The molecule has 0 spiro atoms. The van der Waals surface area contributed by atoms with E-state index in [0.29, 0.717) is 11.4 Å². The SMILES string of the molecule is CCC1(C)NC(=O)N(NC(=O)COC(=O)/C=C/c2cn(C)c(=O)n(C)c2=O)C1=O. The van der Waals surface area contributed by atoms with Crippen LogP contribution >= 0.6 is 0 Å². The molecule has 0 radical (unpaired) electrons. The highest BCUT2D eigenvalue weighted by molar-refractivity contribution is 6.07. The van der Waals surface area contributed by atoms with Crippen molar-refractivity contribution in [3.63, 3.8) is 0 Å². The number of carbonyl (C=O) groups excluding carboxylic acids is 4. The smallest absolute Gasteiger partial charge is 0.344 e. The van der Waals surface area contributed by atoms with Gasteiger partial charge >= 0.3 is 17.7 Å². The molecule has 0 saturated carbocycles. The third-order valence-corrected chi connectivity index (χ3v) is 4.42. The van der Waals surface area contributed by atoms with Crippen molar-refractivity contribution in [3.8, 4) is 0 Å². The highest BCUT2D eigenvalue weighted by Gasteiger charge is 2.47. The maximum absolute atomic E-state index is 12.2. The highest BCUT2D eigenvalue weighted by atomic mass is 16.5. The number of rotatable bonds is 6. The second-order valence-electron chi connectivity index (χ2n) is 6.57. The Labute approximate surface area is 164 Å². The molecule has 2 N–H and O–H groups in total. The predicted molar refractivity (Wildman–Crippen MR) is 99.1 cm³/mol. The fraction of sp³-hybridized carbons (Fsp3) is 0.412. The van der Waals surface area contributed by atoms with Gasteiger partial charge in [0.1, 0.15) is 5.54 Å². The molecule has 1 aromatic heterocycles. The number of hydrazine groups is 1. The number of aryl methyl sites for hydroxylation is 1. The van der Waals surface area contributed by atoms with E-state index in [1.54, 1.807) is 6.92 Å². The summed E-state index contributed by atoms with van der Waals surface area (Å²) >= 11 is 0. The molecule has 0 aromatic carbocycles. The van der Waals surface area contributed by atoms with Crippen LogP contribution in [0.3, 0.4) is 0 Å². The lowest BCUT2D eigenvalue weighted by molar-refractivity contribution is -0.147. The molecule has 1 atom stereocenters. The second-order valence-corrected chi connectivity index (χ2v) is 6.57. The second kappa shape index (κ2) is 8.12. The van der Waals surface area contributed by atoms with Gasteiger partial charge in [0.2, 0.25) is 0 Å². The van der Waals surface area contributed by atoms with Gasteiger partial charge in [-0.25, -0.2) is 14.4 Å². The Morgan fingerprint density at radius 2 is 1.90 bits per heavy atom. The highest BCUT2D eigenvalue weighted by Crippen LogP contribution is 2.18. The number of urea groups is 1. The molecule has 1 aromatic rings. The van der Waals surface area contributed by atoms with Crippen LogP contribution in [0, 0.1) is 0 Å². The number of hydrogen-bond donors (Lipinski definition) is 2. The van der Waals surface area contributed by atoms with Crippen molar-refractivity contribution in [2.75, 3.05) is 6.61 Å². The molecule has 1 aliphatic heterocycles. The molecule has 1 unspecified atom stereocenters. The average molecular weight is 407 g/mol. The van der Waals surface area contributed by atoms with Crippen molar-refractivity contribution >= 4 is 29.9 Å². The number of nitrogens with one attached hydrogen (secondary N) is 2. The third-order valence-electron chi connectivity index (χ3n) is 4.42. The summed E-state index contributed by atoms with van der Waals surface area (Å²) in [5, 5.41) is 2.99. The summed E-state index contributed by atoms with van der Waals surface area (Å²) in [6.45, 7) is 2.47. The summed E-state index contributed by atoms with van der Waals surface area (Å²) in [7, 11) is 2.74. The van der Waals surface area contributed by atoms with Crippen LogP contribution in [-0.2, 0) is 33.2 Å². The van der Waals surface area contributed by atoms with E-state index in [2.05, 4.69) is 10.7 Å². The molecule has 156 valence electrons. The average Bonchev–Trinajstić information content (AvgIpc) is 2.90. The van der Waals surface area contributed by atoms with Gasteiger partial charge in [-0.05, 0) is 19.4 Å². The minimum Gasteiger partial charge on any atom is -0.452 e. The zero-order valence-corrected chi connectivity index (χ0v) is 16.3. The summed E-state index contributed by atoms with van der Waals surface area (Å²) in [6.07, 6.45) is 3.64. The van der Waals surface area contributed by atoms with E-state index in [0.717, 1.165) is 16.7 Å². The molecule has 1 saturated heterocycles. The first-order valence-electron chi connectivity index (χ1n) is 8.58. The number of carbonyl (C=O) groups is 4. The van der Waals surface area contributed by atoms with E-state index in [1.807, 2.05) is 0 Å². The number of imide groups is 1. The van der Waals surface area contributed by atoms with Gasteiger partial charge in [-0.3, -0.25) is 24.4 Å². The maximum Gasteiger partial charge on any atom is 0.344 e. The molecule has 12 nitrogen and oxygen atoms in total. The Kier molecular flexibility index (Phi) is 6.05. The number of nitrogens with zero attached hydrogens (tertiary/aromatic N) is 3. The van der Waals surface area contributed by atoms with Crippen molar-refractivity contribution < 1.29 is 23.9 Å². The number of aromatic nitrogens is 2. The van der Waals surface area contributed by atoms with Crippen LogP contribution in [0.25, 0.3) is 6.08 Å².